The Hall–Kier alpha value is -3.13. The van der Waals surface area contributed by atoms with Crippen LogP contribution in [-0.2, 0) is 11.3 Å². The van der Waals surface area contributed by atoms with Crippen LogP contribution in [0.5, 0.6) is 17.2 Å². The zero-order chi connectivity index (χ0) is 25.8. The lowest BCUT2D eigenvalue weighted by molar-refractivity contribution is -0.103. The minimum atomic E-state index is -0.729. The Morgan fingerprint density at radius 3 is 2.62 bits per heavy atom. The highest BCUT2D eigenvalue weighted by molar-refractivity contribution is 5.44. The van der Waals surface area contributed by atoms with E-state index >= 15 is 0 Å². The second-order valence-corrected chi connectivity index (χ2v) is 10.2. The number of benzene rings is 2. The maximum atomic E-state index is 11.2. The molecule has 1 aromatic heterocycles. The Morgan fingerprint density at radius 2 is 1.89 bits per heavy atom. The van der Waals surface area contributed by atoms with Crippen molar-refractivity contribution in [2.24, 2.45) is 0 Å². The molecule has 0 amide bonds. The van der Waals surface area contributed by atoms with Gasteiger partial charge in [-0.05, 0) is 49.2 Å². The molecule has 5 rings (SSSR count). The Labute approximate surface area is 219 Å². The molecule has 0 radical (unpaired) electrons. The molecule has 2 unspecified atom stereocenters. The third-order valence-corrected chi connectivity index (χ3v) is 7.23. The number of hydrogen-bond donors (Lipinski definition) is 1. The quantitative estimate of drug-likeness (QED) is 0.438. The topological polar surface area (TPSA) is 73.3 Å². The molecule has 3 heterocycles. The van der Waals surface area contributed by atoms with Gasteiger partial charge in [0.1, 0.15) is 17.6 Å². The van der Waals surface area contributed by atoms with Gasteiger partial charge in [-0.3, -0.25) is 9.88 Å². The van der Waals surface area contributed by atoms with E-state index in [1.807, 2.05) is 68.6 Å². The van der Waals surface area contributed by atoms with Crippen LogP contribution in [-0.4, -0.2) is 46.9 Å². The van der Waals surface area contributed by atoms with E-state index in [1.54, 1.807) is 13.3 Å². The van der Waals surface area contributed by atoms with E-state index in [0.717, 1.165) is 41.7 Å². The van der Waals surface area contributed by atoms with Gasteiger partial charge in [0, 0.05) is 50.3 Å². The van der Waals surface area contributed by atoms with Crippen LogP contribution < -0.4 is 14.2 Å². The molecule has 2 atom stereocenters. The standard InChI is InChI=1S/C30H36N2O5/c1-21(2)36-26-11-10-23(17-27(26)34-3)29(33)32-15-12-30(13-16-32)18-28(24-8-4-5-9-25(24)37-30)35-20-22-7-6-14-31-19-22/h4-11,14,17,19,21,28-29,33H,12-13,15-16,18,20H2,1-3H3. The maximum Gasteiger partial charge on any atom is 0.161 e. The Morgan fingerprint density at radius 1 is 1.08 bits per heavy atom. The van der Waals surface area contributed by atoms with Crippen molar-refractivity contribution >= 4 is 0 Å². The molecule has 1 saturated heterocycles. The number of aliphatic hydroxyl groups excluding tert-OH is 1. The molecular formula is C30H36N2O5. The zero-order valence-corrected chi connectivity index (χ0v) is 21.8. The summed E-state index contributed by atoms with van der Waals surface area (Å²) in [5.41, 5.74) is 2.61. The summed E-state index contributed by atoms with van der Waals surface area (Å²) in [7, 11) is 1.62. The van der Waals surface area contributed by atoms with E-state index in [9.17, 15) is 5.11 Å². The Balaban J connectivity index is 1.27. The second-order valence-electron chi connectivity index (χ2n) is 10.2. The van der Waals surface area contributed by atoms with Crippen LogP contribution in [0.25, 0.3) is 0 Å². The molecule has 0 saturated carbocycles. The summed E-state index contributed by atoms with van der Waals surface area (Å²) >= 11 is 0. The van der Waals surface area contributed by atoms with E-state index in [0.29, 0.717) is 31.2 Å². The predicted octanol–water partition coefficient (Wildman–Crippen LogP) is 5.44. The summed E-state index contributed by atoms with van der Waals surface area (Å²) in [4.78, 5) is 6.30. The minimum Gasteiger partial charge on any atom is -0.493 e. The number of methoxy groups -OCH3 is 1. The second kappa shape index (κ2) is 11.1. The number of rotatable bonds is 8. The lowest BCUT2D eigenvalue weighted by atomic mass is 9.81. The average molecular weight is 505 g/mol. The first-order valence-corrected chi connectivity index (χ1v) is 13.0. The maximum absolute atomic E-state index is 11.2. The first kappa shape index (κ1) is 25.5. The lowest BCUT2D eigenvalue weighted by Crippen LogP contribution is -2.51. The smallest absolute Gasteiger partial charge is 0.161 e. The average Bonchev–Trinajstić information content (AvgIpc) is 2.92. The molecule has 1 spiro atoms. The molecule has 1 N–H and O–H groups in total. The van der Waals surface area contributed by atoms with Crippen LogP contribution in [0.15, 0.2) is 67.0 Å². The fourth-order valence-electron chi connectivity index (χ4n) is 5.28. The number of hydrogen-bond acceptors (Lipinski definition) is 7. The molecule has 0 bridgehead atoms. The summed E-state index contributed by atoms with van der Waals surface area (Å²) in [6.45, 7) is 5.89. The number of ether oxygens (including phenoxy) is 4. The van der Waals surface area contributed by atoms with Gasteiger partial charge in [0.05, 0.1) is 25.9 Å². The molecule has 2 aromatic carbocycles. The monoisotopic (exact) mass is 504 g/mol. The number of fused-ring (bicyclic) bond motifs is 1. The molecule has 2 aliphatic rings. The number of para-hydroxylation sites is 1. The van der Waals surface area contributed by atoms with Crippen molar-refractivity contribution in [3.8, 4) is 17.2 Å². The highest BCUT2D eigenvalue weighted by atomic mass is 16.5. The van der Waals surface area contributed by atoms with Crippen molar-refractivity contribution in [2.75, 3.05) is 20.2 Å². The van der Waals surface area contributed by atoms with E-state index in [4.69, 9.17) is 18.9 Å². The van der Waals surface area contributed by atoms with Crippen LogP contribution in [0.4, 0.5) is 0 Å². The number of aromatic nitrogens is 1. The van der Waals surface area contributed by atoms with Gasteiger partial charge in [0.2, 0.25) is 0 Å². The molecular weight excluding hydrogens is 468 g/mol. The van der Waals surface area contributed by atoms with Gasteiger partial charge in [-0.1, -0.05) is 30.3 Å². The lowest BCUT2D eigenvalue weighted by Gasteiger charge is -2.47. The van der Waals surface area contributed by atoms with Crippen molar-refractivity contribution < 1.29 is 24.1 Å². The summed E-state index contributed by atoms with van der Waals surface area (Å²) in [5.74, 6) is 2.20. The summed E-state index contributed by atoms with van der Waals surface area (Å²) in [6, 6.07) is 17.8. The molecule has 196 valence electrons. The van der Waals surface area contributed by atoms with Crippen LogP contribution in [0.1, 0.15) is 62.1 Å². The predicted molar refractivity (Wildman–Crippen MR) is 141 cm³/mol. The van der Waals surface area contributed by atoms with Crippen LogP contribution >= 0.6 is 0 Å². The summed E-state index contributed by atoms with van der Waals surface area (Å²) in [5, 5.41) is 11.2. The largest absolute Gasteiger partial charge is 0.493 e. The van der Waals surface area contributed by atoms with E-state index < -0.39 is 6.23 Å². The highest BCUT2D eigenvalue weighted by Crippen LogP contribution is 2.46. The van der Waals surface area contributed by atoms with Crippen molar-refractivity contribution in [1.82, 2.24) is 9.88 Å². The van der Waals surface area contributed by atoms with Gasteiger partial charge < -0.3 is 24.1 Å². The van der Waals surface area contributed by atoms with E-state index in [2.05, 4.69) is 16.0 Å². The zero-order valence-electron chi connectivity index (χ0n) is 21.8. The van der Waals surface area contributed by atoms with Crippen molar-refractivity contribution in [2.45, 2.75) is 63.8 Å². The van der Waals surface area contributed by atoms with E-state index in [-0.39, 0.29) is 17.8 Å². The molecule has 3 aromatic rings. The van der Waals surface area contributed by atoms with Gasteiger partial charge in [0.15, 0.2) is 11.5 Å². The minimum absolute atomic E-state index is 0.0424. The normalized spacial score (nSPS) is 19.8. The summed E-state index contributed by atoms with van der Waals surface area (Å²) in [6.07, 6.45) is 5.26. The summed E-state index contributed by atoms with van der Waals surface area (Å²) < 4.78 is 24.4. The van der Waals surface area contributed by atoms with Gasteiger partial charge >= 0.3 is 0 Å². The molecule has 1 fully saturated rings. The molecule has 7 heteroatoms. The highest BCUT2D eigenvalue weighted by Gasteiger charge is 2.44. The van der Waals surface area contributed by atoms with Gasteiger partial charge in [-0.15, -0.1) is 0 Å². The molecule has 2 aliphatic heterocycles. The number of piperidine rings is 1. The van der Waals surface area contributed by atoms with Gasteiger partial charge in [-0.25, -0.2) is 0 Å². The first-order valence-electron chi connectivity index (χ1n) is 13.0. The fourth-order valence-corrected chi connectivity index (χ4v) is 5.28. The number of aliphatic hydroxyl groups is 1. The molecule has 7 nitrogen and oxygen atoms in total. The number of nitrogens with zero attached hydrogens (tertiary/aromatic N) is 2. The van der Waals surface area contributed by atoms with E-state index in [1.165, 1.54) is 0 Å². The number of likely N-dealkylation sites (tertiary alicyclic amines) is 1. The van der Waals surface area contributed by atoms with Crippen LogP contribution in [0, 0.1) is 0 Å². The SMILES string of the molecule is COc1cc(C(O)N2CCC3(CC2)CC(OCc2cccnc2)c2ccccc2O3)ccc1OC(C)C. The van der Waals surface area contributed by atoms with Crippen molar-refractivity contribution in [1.29, 1.82) is 0 Å². The van der Waals surface area contributed by atoms with Crippen LogP contribution in [0.3, 0.4) is 0 Å². The Kier molecular flexibility index (Phi) is 7.65. The van der Waals surface area contributed by atoms with Crippen LogP contribution in [0.2, 0.25) is 0 Å². The van der Waals surface area contributed by atoms with Crippen molar-refractivity contribution in [3.63, 3.8) is 0 Å². The Bertz CT molecular complexity index is 1180. The first-order chi connectivity index (χ1) is 18.0. The third-order valence-electron chi connectivity index (χ3n) is 7.23. The molecule has 37 heavy (non-hydrogen) atoms. The van der Waals surface area contributed by atoms with Gasteiger partial charge in [-0.2, -0.15) is 0 Å². The third kappa shape index (κ3) is 5.74. The molecule has 0 aliphatic carbocycles. The fraction of sp³-hybridized carbons (Fsp3) is 0.433. The van der Waals surface area contributed by atoms with Crippen molar-refractivity contribution in [3.05, 3.63) is 83.7 Å². The number of pyridine rings is 1. The van der Waals surface area contributed by atoms with Gasteiger partial charge in [0.25, 0.3) is 0 Å².